The van der Waals surface area contributed by atoms with Gasteiger partial charge in [-0.15, -0.1) is 0 Å². The standard InChI is InChI=1S/C15H14N2O/c1-2-6-13-11(5-1)12-9-16-10-17-14(12)15(18-13)7-3-4-8-15/h1-2,5-6,9-10H,3-4,7-8H2. The molecule has 1 spiro atoms. The molecule has 0 unspecified atom stereocenters. The molecule has 3 heteroatoms. The molecule has 0 N–H and O–H groups in total. The van der Waals surface area contributed by atoms with E-state index in [9.17, 15) is 0 Å². The largest absolute Gasteiger partial charge is 0.480 e. The number of ether oxygens (including phenoxy) is 1. The molecule has 0 bridgehead atoms. The molecule has 1 fully saturated rings. The Kier molecular flexibility index (Phi) is 1.98. The summed E-state index contributed by atoms with van der Waals surface area (Å²) in [4.78, 5) is 8.70. The summed E-state index contributed by atoms with van der Waals surface area (Å²) in [7, 11) is 0. The lowest BCUT2D eigenvalue weighted by Crippen LogP contribution is -2.34. The van der Waals surface area contributed by atoms with Crippen molar-refractivity contribution in [3.05, 3.63) is 42.5 Å². The SMILES string of the molecule is c1ccc2c(c1)OC1(CCCC1)c1ncncc1-2. The van der Waals surface area contributed by atoms with Gasteiger partial charge in [-0.3, -0.25) is 0 Å². The summed E-state index contributed by atoms with van der Waals surface area (Å²) in [5.74, 6) is 0.974. The first kappa shape index (κ1) is 10.1. The van der Waals surface area contributed by atoms with Crippen LogP contribution < -0.4 is 4.74 Å². The minimum atomic E-state index is -0.202. The first-order valence-corrected chi connectivity index (χ1v) is 6.48. The number of rotatable bonds is 0. The quantitative estimate of drug-likeness (QED) is 0.706. The van der Waals surface area contributed by atoms with Crippen molar-refractivity contribution in [2.45, 2.75) is 31.3 Å². The van der Waals surface area contributed by atoms with Crippen molar-refractivity contribution >= 4 is 0 Å². The second-order valence-electron chi connectivity index (χ2n) is 5.08. The predicted octanol–water partition coefficient (Wildman–Crippen LogP) is 3.31. The Morgan fingerprint density at radius 3 is 2.78 bits per heavy atom. The van der Waals surface area contributed by atoms with Gasteiger partial charge in [0.1, 0.15) is 12.1 Å². The molecule has 1 aromatic carbocycles. The van der Waals surface area contributed by atoms with Crippen LogP contribution in [0.25, 0.3) is 11.1 Å². The van der Waals surface area contributed by atoms with Gasteiger partial charge in [0.25, 0.3) is 0 Å². The van der Waals surface area contributed by atoms with Gasteiger partial charge < -0.3 is 4.74 Å². The Morgan fingerprint density at radius 2 is 1.89 bits per heavy atom. The molecule has 1 aliphatic heterocycles. The van der Waals surface area contributed by atoms with Gasteiger partial charge in [-0.05, 0) is 31.7 Å². The van der Waals surface area contributed by atoms with Crippen molar-refractivity contribution in [1.29, 1.82) is 0 Å². The van der Waals surface area contributed by atoms with Crippen molar-refractivity contribution < 1.29 is 4.74 Å². The Morgan fingerprint density at radius 1 is 1.06 bits per heavy atom. The molecule has 2 aliphatic rings. The van der Waals surface area contributed by atoms with Crippen LogP contribution in [0.15, 0.2) is 36.8 Å². The van der Waals surface area contributed by atoms with E-state index in [0.717, 1.165) is 35.4 Å². The van der Waals surface area contributed by atoms with Crippen molar-refractivity contribution in [2.75, 3.05) is 0 Å². The highest BCUT2D eigenvalue weighted by atomic mass is 16.5. The molecular formula is C15H14N2O. The molecule has 1 aromatic heterocycles. The summed E-state index contributed by atoms with van der Waals surface area (Å²) in [6.07, 6.45) is 8.11. The Hall–Kier alpha value is -1.90. The first-order chi connectivity index (χ1) is 8.89. The summed E-state index contributed by atoms with van der Waals surface area (Å²) < 4.78 is 6.32. The number of aromatic nitrogens is 2. The molecule has 2 aromatic rings. The summed E-state index contributed by atoms with van der Waals surface area (Å²) in [5, 5.41) is 0. The molecule has 0 saturated heterocycles. The third kappa shape index (κ3) is 1.24. The Balaban J connectivity index is 2.00. The average molecular weight is 238 g/mol. The highest BCUT2D eigenvalue weighted by Crippen LogP contribution is 2.50. The number of para-hydroxylation sites is 1. The van der Waals surface area contributed by atoms with Crippen LogP contribution in [0.5, 0.6) is 5.75 Å². The lowest BCUT2D eigenvalue weighted by atomic mass is 9.88. The minimum absolute atomic E-state index is 0.202. The summed E-state index contributed by atoms with van der Waals surface area (Å²) in [6, 6.07) is 8.19. The maximum absolute atomic E-state index is 6.32. The van der Waals surface area contributed by atoms with Gasteiger partial charge in [-0.25, -0.2) is 9.97 Å². The molecule has 18 heavy (non-hydrogen) atoms. The molecular weight excluding hydrogens is 224 g/mol. The lowest BCUT2D eigenvalue weighted by Gasteiger charge is -2.36. The zero-order valence-corrected chi connectivity index (χ0v) is 10.1. The van der Waals surface area contributed by atoms with Crippen LogP contribution >= 0.6 is 0 Å². The van der Waals surface area contributed by atoms with Gasteiger partial charge in [0, 0.05) is 17.3 Å². The van der Waals surface area contributed by atoms with Gasteiger partial charge in [-0.2, -0.15) is 0 Å². The molecule has 0 atom stereocenters. The van der Waals surface area contributed by atoms with Crippen molar-refractivity contribution in [3.63, 3.8) is 0 Å². The zero-order valence-electron chi connectivity index (χ0n) is 10.1. The van der Waals surface area contributed by atoms with Crippen LogP contribution in [0, 0.1) is 0 Å². The average Bonchev–Trinajstić information content (AvgIpc) is 2.89. The smallest absolute Gasteiger partial charge is 0.151 e. The number of hydrogen-bond acceptors (Lipinski definition) is 3. The number of nitrogens with zero attached hydrogens (tertiary/aromatic N) is 2. The van der Waals surface area contributed by atoms with Crippen LogP contribution in [-0.4, -0.2) is 9.97 Å². The molecule has 2 heterocycles. The highest BCUT2D eigenvalue weighted by Gasteiger charge is 2.44. The molecule has 4 rings (SSSR count). The second kappa shape index (κ2) is 3.55. The van der Waals surface area contributed by atoms with E-state index in [-0.39, 0.29) is 5.60 Å². The normalized spacial score (nSPS) is 19.1. The number of benzene rings is 1. The molecule has 1 aliphatic carbocycles. The lowest BCUT2D eigenvalue weighted by molar-refractivity contribution is 0.0662. The summed E-state index contributed by atoms with van der Waals surface area (Å²) in [6.45, 7) is 0. The van der Waals surface area contributed by atoms with E-state index in [1.165, 1.54) is 12.8 Å². The fourth-order valence-electron chi connectivity index (χ4n) is 3.21. The maximum atomic E-state index is 6.32. The summed E-state index contributed by atoms with van der Waals surface area (Å²) in [5.41, 5.74) is 3.13. The second-order valence-corrected chi connectivity index (χ2v) is 5.08. The van der Waals surface area contributed by atoms with E-state index < -0.39 is 0 Å². The summed E-state index contributed by atoms with van der Waals surface area (Å²) >= 11 is 0. The highest BCUT2D eigenvalue weighted by molar-refractivity contribution is 5.74. The van der Waals surface area contributed by atoms with Crippen LogP contribution in [0.4, 0.5) is 0 Å². The fourth-order valence-corrected chi connectivity index (χ4v) is 3.21. The molecule has 3 nitrogen and oxygen atoms in total. The zero-order chi connectivity index (χ0) is 12.0. The van der Waals surface area contributed by atoms with Crippen LogP contribution in [0.1, 0.15) is 31.4 Å². The third-order valence-electron chi connectivity index (χ3n) is 4.04. The van der Waals surface area contributed by atoms with Gasteiger partial charge in [0.2, 0.25) is 0 Å². The van der Waals surface area contributed by atoms with Crippen LogP contribution in [0.3, 0.4) is 0 Å². The Bertz CT molecular complexity index is 603. The van der Waals surface area contributed by atoms with Crippen molar-refractivity contribution in [1.82, 2.24) is 9.97 Å². The monoisotopic (exact) mass is 238 g/mol. The number of hydrogen-bond donors (Lipinski definition) is 0. The Labute approximate surface area is 106 Å². The van der Waals surface area contributed by atoms with Gasteiger partial charge in [0.05, 0.1) is 5.69 Å². The van der Waals surface area contributed by atoms with Crippen molar-refractivity contribution in [2.24, 2.45) is 0 Å². The van der Waals surface area contributed by atoms with E-state index in [2.05, 4.69) is 16.0 Å². The molecule has 0 radical (unpaired) electrons. The first-order valence-electron chi connectivity index (χ1n) is 6.48. The molecule has 90 valence electrons. The van der Waals surface area contributed by atoms with E-state index in [0.29, 0.717) is 0 Å². The topological polar surface area (TPSA) is 35.0 Å². The maximum Gasteiger partial charge on any atom is 0.151 e. The van der Waals surface area contributed by atoms with Crippen molar-refractivity contribution in [3.8, 4) is 16.9 Å². The third-order valence-corrected chi connectivity index (χ3v) is 4.04. The van der Waals surface area contributed by atoms with E-state index in [1.807, 2.05) is 24.4 Å². The number of fused-ring (bicyclic) bond motifs is 4. The van der Waals surface area contributed by atoms with Gasteiger partial charge in [0.15, 0.2) is 5.60 Å². The fraction of sp³-hybridized carbons (Fsp3) is 0.333. The molecule has 1 saturated carbocycles. The van der Waals surface area contributed by atoms with E-state index in [4.69, 9.17) is 4.74 Å². The van der Waals surface area contributed by atoms with Gasteiger partial charge >= 0.3 is 0 Å². The minimum Gasteiger partial charge on any atom is -0.480 e. The van der Waals surface area contributed by atoms with Gasteiger partial charge in [-0.1, -0.05) is 18.2 Å². The molecule has 0 amide bonds. The van der Waals surface area contributed by atoms with Crippen LogP contribution in [-0.2, 0) is 5.60 Å². The van der Waals surface area contributed by atoms with E-state index >= 15 is 0 Å². The van der Waals surface area contributed by atoms with Crippen LogP contribution in [0.2, 0.25) is 0 Å². The van der Waals surface area contributed by atoms with E-state index in [1.54, 1.807) is 6.33 Å². The predicted molar refractivity (Wildman–Crippen MR) is 68.2 cm³/mol.